The summed E-state index contributed by atoms with van der Waals surface area (Å²) in [5, 5.41) is 10.2. The van der Waals surface area contributed by atoms with Crippen LogP contribution < -0.4 is 16.0 Å². The van der Waals surface area contributed by atoms with Gasteiger partial charge in [0.25, 0.3) is 5.91 Å². The van der Waals surface area contributed by atoms with Crippen LogP contribution in [-0.4, -0.2) is 117 Å². The molecule has 1 aromatic rings. The molecule has 3 rings (SSSR count). The summed E-state index contributed by atoms with van der Waals surface area (Å²) >= 11 is 0. The molecule has 2 aliphatic rings. The minimum Gasteiger partial charge on any atom is -0.381 e. The number of Topliss-reactive ketones (excluding diaryl/α,β-unsaturated/α-hetero) is 1. The van der Waals surface area contributed by atoms with E-state index in [0.717, 1.165) is 37.7 Å². The first-order valence-electron chi connectivity index (χ1n) is 22.1. The molecule has 13 heteroatoms. The monoisotopic (exact) mass is 832 g/mol. The lowest BCUT2D eigenvalue weighted by Gasteiger charge is -2.36. The molecule has 2 unspecified atom stereocenters. The second kappa shape index (κ2) is 28.2. The lowest BCUT2D eigenvalue weighted by Crippen LogP contribution is -2.55. The highest BCUT2D eigenvalue weighted by Crippen LogP contribution is 2.29. The minimum atomic E-state index is -0.770. The summed E-state index contributed by atoms with van der Waals surface area (Å²) in [4.78, 5) is 71.4. The van der Waals surface area contributed by atoms with Crippen LogP contribution in [0, 0.1) is 29.6 Å². The van der Waals surface area contributed by atoms with Crippen molar-refractivity contribution in [3.05, 3.63) is 35.9 Å². The number of benzene rings is 1. The van der Waals surface area contributed by atoms with Crippen molar-refractivity contribution in [2.24, 2.45) is 29.6 Å². The molecule has 2 saturated heterocycles. The third kappa shape index (κ3) is 16.9. The largest absolute Gasteiger partial charge is 0.381 e. The van der Waals surface area contributed by atoms with Gasteiger partial charge in [0.2, 0.25) is 17.7 Å². The van der Waals surface area contributed by atoms with E-state index in [4.69, 9.17) is 14.3 Å². The van der Waals surface area contributed by atoms with Gasteiger partial charge in [0, 0.05) is 33.7 Å². The third-order valence-corrected chi connectivity index (χ3v) is 11.8. The van der Waals surface area contributed by atoms with E-state index in [1.165, 1.54) is 12.0 Å². The average molecular weight is 832 g/mol. The zero-order chi connectivity index (χ0) is 44.8. The number of ketones is 1. The number of nitrogens with one attached hydrogen (secondary N) is 3. The zero-order valence-electron chi connectivity index (χ0n) is 39.0. The number of hydroxylamine groups is 2. The Morgan fingerprint density at radius 3 is 1.95 bits per heavy atom. The maximum atomic E-state index is 13.7. The van der Waals surface area contributed by atoms with E-state index in [-0.39, 0.29) is 71.4 Å². The van der Waals surface area contributed by atoms with E-state index in [1.807, 2.05) is 83.7 Å². The molecular formula is C46H81N5O8. The first kappa shape index (κ1) is 53.6. The van der Waals surface area contributed by atoms with Crippen molar-refractivity contribution < 1.29 is 38.3 Å². The van der Waals surface area contributed by atoms with Crippen LogP contribution in [0.3, 0.4) is 0 Å². The molecular weight excluding hydrogens is 751 g/mol. The predicted octanol–water partition coefficient (Wildman–Crippen LogP) is 5.98. The molecule has 0 bridgehead atoms. The van der Waals surface area contributed by atoms with Gasteiger partial charge in [0.1, 0.15) is 6.04 Å². The van der Waals surface area contributed by atoms with Crippen molar-refractivity contribution in [1.82, 2.24) is 25.9 Å². The molecule has 0 saturated carbocycles. The second-order valence-corrected chi connectivity index (χ2v) is 16.6. The van der Waals surface area contributed by atoms with Gasteiger partial charge in [-0.05, 0) is 68.9 Å². The third-order valence-electron chi connectivity index (χ3n) is 11.8. The quantitative estimate of drug-likeness (QED) is 0.144. The van der Waals surface area contributed by atoms with Gasteiger partial charge in [-0.25, -0.2) is 5.06 Å². The summed E-state index contributed by atoms with van der Waals surface area (Å²) in [5.41, 5.74) is 0.950. The second-order valence-electron chi connectivity index (χ2n) is 16.6. The Hall–Kier alpha value is -3.39. The molecule has 1 aromatic carbocycles. The zero-order valence-corrected chi connectivity index (χ0v) is 39.0. The summed E-state index contributed by atoms with van der Waals surface area (Å²) < 4.78 is 11.7. The van der Waals surface area contributed by atoms with Crippen LogP contribution in [-0.2, 0) is 44.7 Å². The van der Waals surface area contributed by atoms with Crippen LogP contribution in [0.5, 0.6) is 0 Å². The number of hydrogen-bond acceptors (Lipinski definition) is 9. The molecule has 338 valence electrons. The summed E-state index contributed by atoms with van der Waals surface area (Å²) in [5.74, 6) is -0.165. The van der Waals surface area contributed by atoms with E-state index in [2.05, 4.69) is 36.7 Å². The van der Waals surface area contributed by atoms with Gasteiger partial charge in [-0.15, -0.1) is 0 Å². The lowest BCUT2D eigenvalue weighted by molar-refractivity contribution is -0.199. The number of rotatable bonds is 20. The smallest absolute Gasteiger partial charge is 0.269 e. The summed E-state index contributed by atoms with van der Waals surface area (Å²) in [7, 11) is 5.01. The van der Waals surface area contributed by atoms with E-state index >= 15 is 0 Å². The van der Waals surface area contributed by atoms with Crippen LogP contribution in [0.25, 0.3) is 0 Å². The Morgan fingerprint density at radius 1 is 0.831 bits per heavy atom. The number of amides is 4. The molecule has 4 amide bonds. The van der Waals surface area contributed by atoms with Crippen LogP contribution in [0.1, 0.15) is 120 Å². The van der Waals surface area contributed by atoms with Gasteiger partial charge in [-0.3, -0.25) is 28.8 Å². The van der Waals surface area contributed by atoms with Gasteiger partial charge >= 0.3 is 0 Å². The van der Waals surface area contributed by atoms with Crippen molar-refractivity contribution in [3.63, 3.8) is 0 Å². The highest BCUT2D eigenvalue weighted by Gasteiger charge is 2.41. The van der Waals surface area contributed by atoms with Crippen LogP contribution in [0.15, 0.2) is 30.3 Å². The molecule has 59 heavy (non-hydrogen) atoms. The maximum Gasteiger partial charge on any atom is 0.269 e. The van der Waals surface area contributed by atoms with Crippen molar-refractivity contribution in [3.8, 4) is 0 Å². The minimum absolute atomic E-state index is 0.00181. The fraction of sp³-hybridized carbons (Fsp3) is 0.761. The van der Waals surface area contributed by atoms with Gasteiger partial charge in [-0.2, -0.15) is 0 Å². The number of carbonyl (C=O) groups is 5. The number of ether oxygens (including phenoxy) is 2. The molecule has 9 atom stereocenters. The summed E-state index contributed by atoms with van der Waals surface area (Å²) in [6.45, 7) is 23.2. The highest BCUT2D eigenvalue weighted by atomic mass is 16.7. The van der Waals surface area contributed by atoms with E-state index < -0.39 is 18.1 Å². The predicted molar refractivity (Wildman–Crippen MR) is 234 cm³/mol. The first-order chi connectivity index (χ1) is 28.0. The summed E-state index contributed by atoms with van der Waals surface area (Å²) in [6.07, 6.45) is 4.40. The van der Waals surface area contributed by atoms with Crippen molar-refractivity contribution >= 4 is 29.4 Å². The van der Waals surface area contributed by atoms with Crippen molar-refractivity contribution in [2.75, 3.05) is 41.0 Å². The van der Waals surface area contributed by atoms with E-state index in [1.54, 1.807) is 21.3 Å². The molecule has 2 heterocycles. The number of hydrogen-bond donors (Lipinski definition) is 3. The maximum absolute atomic E-state index is 13.7. The Bertz CT molecular complexity index is 1390. The Kier molecular flexibility index (Phi) is 25.6. The van der Waals surface area contributed by atoms with Crippen LogP contribution >= 0.6 is 0 Å². The Morgan fingerprint density at radius 2 is 1.46 bits per heavy atom. The Balaban J connectivity index is 0.000000813. The van der Waals surface area contributed by atoms with Gasteiger partial charge in [0.15, 0.2) is 5.78 Å². The lowest BCUT2D eigenvalue weighted by atomic mass is 9.87. The molecule has 0 aromatic heterocycles. The number of methoxy groups -OCH3 is 2. The number of nitrogens with zero attached hydrogens (tertiary/aromatic N) is 2. The number of likely N-dealkylation sites (tertiary alicyclic amines) is 1. The molecule has 3 N–H and O–H groups in total. The van der Waals surface area contributed by atoms with Gasteiger partial charge in [-0.1, -0.05) is 106 Å². The highest BCUT2D eigenvalue weighted by molar-refractivity contribution is 5.90. The van der Waals surface area contributed by atoms with Gasteiger partial charge in [0.05, 0.1) is 49.3 Å². The topological polar surface area (TPSA) is 156 Å². The normalized spacial score (nSPS) is 19.4. The average Bonchev–Trinajstić information content (AvgIpc) is 3.72. The van der Waals surface area contributed by atoms with E-state index in [9.17, 15) is 24.0 Å². The fourth-order valence-corrected chi connectivity index (χ4v) is 7.84. The van der Waals surface area contributed by atoms with Crippen LogP contribution in [0.4, 0.5) is 0 Å². The number of carbonyl (C=O) groups excluding carboxylic acids is 5. The molecule has 0 aliphatic carbocycles. The standard InChI is InChI=1S/C32H51N3O6.C12H24N2O2.C2H6/c1-7-22(2)23(3)28(39-5)21-29(36)34-17-13-16-27(34)30(40-6)24(4)31(37)33-26(20-25-14-9-8-10-15-25)32(38)35-18-11-12-19-41-35;1-7(2)10(9(5)15)14-12(16)11(13-6)8(3)4;1-2/h8-10,14-15,22-24,26-28,30H,7,11-13,16-21H2,1-6H3,(H,33,37);7-8,10-11,13H,1-6H3,(H,14,16);1-2H3/t22-,23-,24+,26-,27-,28?,30+;10-,11?;/m00./s1. The SMILES string of the molecule is CC.CC[C@H](C)[C@H](C)C(CC(=O)N1CCC[C@H]1[C@H](OC)[C@@H](C)C(=O)N[C@@H](Cc1ccccc1)C(=O)N1CCCCO1)OC.CNC(C(=O)N[C@H](C(C)=O)C(C)C)C(C)C. The van der Waals surface area contributed by atoms with Crippen LogP contribution in [0.2, 0.25) is 0 Å². The molecule has 13 nitrogen and oxygen atoms in total. The number of likely N-dealkylation sites (N-methyl/N-ethyl adjacent to an activating group) is 1. The summed E-state index contributed by atoms with van der Waals surface area (Å²) in [6, 6.07) is 8.03. The molecule has 0 spiro atoms. The fourth-order valence-electron chi connectivity index (χ4n) is 7.84. The van der Waals surface area contributed by atoms with E-state index in [0.29, 0.717) is 38.5 Å². The van der Waals surface area contributed by atoms with Crippen molar-refractivity contribution in [2.45, 2.75) is 157 Å². The van der Waals surface area contributed by atoms with Crippen molar-refractivity contribution in [1.29, 1.82) is 0 Å². The van der Waals surface area contributed by atoms with Gasteiger partial charge < -0.3 is 30.3 Å². The molecule has 0 radical (unpaired) electrons. The molecule has 2 fully saturated rings. The first-order valence-corrected chi connectivity index (χ1v) is 22.1. The molecule has 2 aliphatic heterocycles. The Labute approximate surface area is 356 Å².